The minimum atomic E-state index is 0.237. The van der Waals surface area contributed by atoms with Crippen LogP contribution in [0.3, 0.4) is 0 Å². The van der Waals surface area contributed by atoms with Gasteiger partial charge in [0.2, 0.25) is 0 Å². The number of hydrogen-bond donors (Lipinski definition) is 0. The van der Waals surface area contributed by atoms with Gasteiger partial charge in [0, 0.05) is 0 Å². The third-order valence-electron chi connectivity index (χ3n) is 3.53. The Kier molecular flexibility index (Phi) is 2.46. The largest absolute Gasteiger partial charge is 0.198 e. The lowest BCUT2D eigenvalue weighted by molar-refractivity contribution is 0.0946. The van der Waals surface area contributed by atoms with Gasteiger partial charge >= 0.3 is 0 Å². The van der Waals surface area contributed by atoms with Crippen molar-refractivity contribution in [2.24, 2.45) is 23.2 Å². The van der Waals surface area contributed by atoms with Crippen LogP contribution in [0.5, 0.6) is 0 Å². The minimum absolute atomic E-state index is 0.237. The number of nitrogens with zero attached hydrogens (tertiary/aromatic N) is 1. The number of hydrogen-bond acceptors (Lipinski definition) is 1. The zero-order valence-electron chi connectivity index (χ0n) is 8.59. The van der Waals surface area contributed by atoms with Crippen LogP contribution in [0.4, 0.5) is 0 Å². The lowest BCUT2D eigenvalue weighted by Gasteiger charge is -2.41. The average molecular weight is 165 g/mol. The zero-order chi connectivity index (χ0) is 9.35. The molecule has 0 aliphatic heterocycles. The molecule has 0 aromatic heterocycles. The molecule has 1 saturated carbocycles. The summed E-state index contributed by atoms with van der Waals surface area (Å²) in [4.78, 5) is 0. The number of rotatable bonds is 0. The zero-order valence-corrected chi connectivity index (χ0v) is 8.59. The maximum atomic E-state index is 8.98. The van der Waals surface area contributed by atoms with Gasteiger partial charge < -0.3 is 0 Å². The van der Waals surface area contributed by atoms with Gasteiger partial charge in [-0.3, -0.25) is 0 Å². The third-order valence-corrected chi connectivity index (χ3v) is 3.53. The van der Waals surface area contributed by atoms with Crippen molar-refractivity contribution in [1.82, 2.24) is 0 Å². The van der Waals surface area contributed by atoms with Gasteiger partial charge in [-0.15, -0.1) is 0 Å². The molecular weight excluding hydrogens is 146 g/mol. The second-order valence-corrected chi connectivity index (χ2v) is 5.06. The van der Waals surface area contributed by atoms with E-state index in [0.29, 0.717) is 0 Å². The van der Waals surface area contributed by atoms with E-state index in [-0.39, 0.29) is 11.3 Å². The van der Waals surface area contributed by atoms with E-state index in [1.165, 1.54) is 6.42 Å². The molecule has 3 atom stereocenters. The maximum absolute atomic E-state index is 8.98. The Morgan fingerprint density at radius 2 is 1.83 bits per heavy atom. The molecule has 1 aliphatic rings. The van der Waals surface area contributed by atoms with Crippen molar-refractivity contribution >= 4 is 0 Å². The third kappa shape index (κ3) is 1.63. The predicted octanol–water partition coefficient (Wildman–Crippen LogP) is 3.22. The Labute approximate surface area is 75.8 Å². The smallest absolute Gasteiger partial charge is 0.0661 e. The molecule has 1 aliphatic carbocycles. The minimum Gasteiger partial charge on any atom is -0.198 e. The van der Waals surface area contributed by atoms with Crippen LogP contribution in [0.25, 0.3) is 0 Å². The Bertz CT molecular complexity index is 200. The van der Waals surface area contributed by atoms with Crippen molar-refractivity contribution < 1.29 is 0 Å². The molecule has 1 nitrogen and oxygen atoms in total. The van der Waals surface area contributed by atoms with Crippen molar-refractivity contribution in [1.29, 1.82) is 5.26 Å². The van der Waals surface area contributed by atoms with Crippen LogP contribution in [0.1, 0.15) is 40.5 Å². The molecule has 0 radical (unpaired) electrons. The quantitative estimate of drug-likeness (QED) is 0.540. The van der Waals surface area contributed by atoms with Crippen molar-refractivity contribution in [2.45, 2.75) is 40.5 Å². The van der Waals surface area contributed by atoms with Crippen molar-refractivity contribution in [3.8, 4) is 6.07 Å². The lowest BCUT2D eigenvalue weighted by Crippen LogP contribution is -2.34. The van der Waals surface area contributed by atoms with E-state index in [0.717, 1.165) is 18.3 Å². The van der Waals surface area contributed by atoms with E-state index in [1.54, 1.807) is 0 Å². The summed E-state index contributed by atoms with van der Waals surface area (Å²) in [6.07, 6.45) is 2.29. The van der Waals surface area contributed by atoms with E-state index in [1.807, 2.05) is 0 Å². The molecule has 0 spiro atoms. The van der Waals surface area contributed by atoms with Gasteiger partial charge in [-0.2, -0.15) is 5.26 Å². The maximum Gasteiger partial charge on any atom is 0.0661 e. The first kappa shape index (κ1) is 9.58. The van der Waals surface area contributed by atoms with Crippen LogP contribution < -0.4 is 0 Å². The predicted molar refractivity (Wildman–Crippen MR) is 50.4 cm³/mol. The topological polar surface area (TPSA) is 23.8 Å². The van der Waals surface area contributed by atoms with Crippen molar-refractivity contribution in [2.75, 3.05) is 0 Å². The van der Waals surface area contributed by atoms with E-state index in [2.05, 4.69) is 33.8 Å². The molecule has 0 saturated heterocycles. The fourth-order valence-electron chi connectivity index (χ4n) is 2.32. The monoisotopic (exact) mass is 165 g/mol. The molecule has 0 aromatic carbocycles. The van der Waals surface area contributed by atoms with E-state index < -0.39 is 0 Å². The molecule has 3 unspecified atom stereocenters. The fraction of sp³-hybridized carbons (Fsp3) is 0.909. The van der Waals surface area contributed by atoms with E-state index in [4.69, 9.17) is 5.26 Å². The molecule has 1 heteroatoms. The van der Waals surface area contributed by atoms with E-state index in [9.17, 15) is 0 Å². The standard InChI is InChI=1S/C11H19N/c1-8-5-10(7-12)11(3,4)6-9(8)2/h8-10H,5-6H2,1-4H3. The van der Waals surface area contributed by atoms with Gasteiger partial charge in [-0.1, -0.05) is 27.7 Å². The number of nitriles is 1. The van der Waals surface area contributed by atoms with Crippen LogP contribution in [0.15, 0.2) is 0 Å². The summed E-state index contributed by atoms with van der Waals surface area (Å²) >= 11 is 0. The molecule has 68 valence electrons. The summed E-state index contributed by atoms with van der Waals surface area (Å²) < 4.78 is 0. The fourth-order valence-corrected chi connectivity index (χ4v) is 2.32. The van der Waals surface area contributed by atoms with Gasteiger partial charge in [0.15, 0.2) is 0 Å². The highest BCUT2D eigenvalue weighted by molar-refractivity contribution is 4.98. The molecule has 0 N–H and O–H groups in total. The second kappa shape index (κ2) is 3.09. The van der Waals surface area contributed by atoms with Gasteiger partial charge in [-0.05, 0) is 30.1 Å². The van der Waals surface area contributed by atoms with E-state index >= 15 is 0 Å². The molecule has 0 aromatic rings. The molecule has 0 heterocycles. The highest BCUT2D eigenvalue weighted by Crippen LogP contribution is 2.45. The van der Waals surface area contributed by atoms with Crippen LogP contribution in [-0.2, 0) is 0 Å². The Morgan fingerprint density at radius 1 is 1.25 bits per heavy atom. The Morgan fingerprint density at radius 3 is 2.33 bits per heavy atom. The van der Waals surface area contributed by atoms with Gasteiger partial charge in [0.1, 0.15) is 0 Å². The molecule has 1 rings (SSSR count). The lowest BCUT2D eigenvalue weighted by atomic mass is 9.62. The summed E-state index contributed by atoms with van der Waals surface area (Å²) in [5, 5.41) is 8.98. The van der Waals surface area contributed by atoms with Gasteiger partial charge in [0.25, 0.3) is 0 Å². The first-order chi connectivity index (χ1) is 5.47. The molecule has 12 heavy (non-hydrogen) atoms. The first-order valence-corrected chi connectivity index (χ1v) is 4.87. The summed E-state index contributed by atoms with van der Waals surface area (Å²) in [5.74, 6) is 1.77. The first-order valence-electron chi connectivity index (χ1n) is 4.87. The molecular formula is C11H19N. The van der Waals surface area contributed by atoms with Gasteiger partial charge in [0.05, 0.1) is 12.0 Å². The molecule has 0 bridgehead atoms. The van der Waals surface area contributed by atoms with Crippen LogP contribution in [-0.4, -0.2) is 0 Å². The van der Waals surface area contributed by atoms with Crippen LogP contribution in [0, 0.1) is 34.5 Å². The summed E-state index contributed by atoms with van der Waals surface area (Å²) in [6.45, 7) is 9.02. The SMILES string of the molecule is CC1CC(C#N)C(C)(C)CC1C. The molecule has 0 amide bonds. The van der Waals surface area contributed by atoms with Crippen LogP contribution >= 0.6 is 0 Å². The Balaban J connectivity index is 2.74. The normalized spacial score (nSPS) is 40.4. The van der Waals surface area contributed by atoms with Crippen molar-refractivity contribution in [3.63, 3.8) is 0 Å². The highest BCUT2D eigenvalue weighted by atomic mass is 14.4. The Hall–Kier alpha value is -0.510. The summed E-state index contributed by atoms with van der Waals surface area (Å²) in [7, 11) is 0. The summed E-state index contributed by atoms with van der Waals surface area (Å²) in [6, 6.07) is 2.45. The second-order valence-electron chi connectivity index (χ2n) is 5.06. The highest BCUT2D eigenvalue weighted by Gasteiger charge is 2.38. The molecule has 1 fully saturated rings. The average Bonchev–Trinajstić information content (AvgIpc) is 1.96. The van der Waals surface area contributed by atoms with Gasteiger partial charge in [-0.25, -0.2) is 0 Å². The van der Waals surface area contributed by atoms with Crippen molar-refractivity contribution in [3.05, 3.63) is 0 Å². The summed E-state index contributed by atoms with van der Waals surface area (Å²) in [5.41, 5.74) is 0.237. The van der Waals surface area contributed by atoms with Crippen LogP contribution in [0.2, 0.25) is 0 Å².